The Morgan fingerprint density at radius 2 is 1.97 bits per heavy atom. The second kappa shape index (κ2) is 12.8. The summed E-state index contributed by atoms with van der Waals surface area (Å²) in [4.78, 5) is 13.8. The zero-order valence-corrected chi connectivity index (χ0v) is 21.1. The third-order valence-electron chi connectivity index (χ3n) is 6.44. The number of piperidine rings is 1. The van der Waals surface area contributed by atoms with Crippen molar-refractivity contribution in [1.82, 2.24) is 15.2 Å². The molecular weight excluding hydrogens is 505 g/mol. The van der Waals surface area contributed by atoms with E-state index in [0.717, 1.165) is 77.0 Å². The van der Waals surface area contributed by atoms with Crippen LogP contribution in [-0.4, -0.2) is 74.5 Å². The highest BCUT2D eigenvalue weighted by molar-refractivity contribution is 14.0. The quantitative estimate of drug-likeness (QED) is 0.337. The number of nitrogens with zero attached hydrogens (tertiary/aromatic N) is 4. The maximum Gasteiger partial charge on any atom is 0.193 e. The first-order valence-electron chi connectivity index (χ1n) is 11.7. The van der Waals surface area contributed by atoms with E-state index in [1.54, 1.807) is 0 Å². The van der Waals surface area contributed by atoms with Crippen LogP contribution in [0.4, 0.5) is 5.82 Å². The number of rotatable bonds is 6. The molecule has 3 fully saturated rings. The molecule has 0 bridgehead atoms. The molecule has 1 aromatic rings. The number of guanidine groups is 1. The lowest BCUT2D eigenvalue weighted by Gasteiger charge is -2.35. The van der Waals surface area contributed by atoms with Gasteiger partial charge in [0, 0.05) is 52.6 Å². The lowest BCUT2D eigenvalue weighted by atomic mass is 10.1. The Labute approximate surface area is 204 Å². The predicted octanol–water partition coefficient (Wildman–Crippen LogP) is 3.43. The number of hydrogen-bond donors (Lipinski definition) is 1. The average Bonchev–Trinajstić information content (AvgIpc) is 3.35. The summed E-state index contributed by atoms with van der Waals surface area (Å²) < 4.78 is 11.9. The third kappa shape index (κ3) is 7.18. The van der Waals surface area contributed by atoms with Crippen LogP contribution in [0.3, 0.4) is 0 Å². The molecule has 1 aromatic heterocycles. The molecule has 1 atom stereocenters. The van der Waals surface area contributed by atoms with Gasteiger partial charge in [0.15, 0.2) is 5.96 Å². The highest BCUT2D eigenvalue weighted by Gasteiger charge is 2.24. The molecule has 4 rings (SSSR count). The summed E-state index contributed by atoms with van der Waals surface area (Å²) in [6.07, 6.45) is 10.8. The second-order valence-corrected chi connectivity index (χ2v) is 8.63. The Balaban J connectivity index is 0.00000272. The van der Waals surface area contributed by atoms with Gasteiger partial charge in [-0.2, -0.15) is 0 Å². The minimum atomic E-state index is 0. The molecule has 8 heteroatoms. The van der Waals surface area contributed by atoms with Crippen molar-refractivity contribution in [2.24, 2.45) is 4.99 Å². The van der Waals surface area contributed by atoms with Gasteiger partial charge in [0.05, 0.1) is 18.8 Å². The van der Waals surface area contributed by atoms with E-state index in [9.17, 15) is 0 Å². The highest BCUT2D eigenvalue weighted by Crippen LogP contribution is 2.20. The summed E-state index contributed by atoms with van der Waals surface area (Å²) in [7, 11) is 1.87. The number of aliphatic imine (C=N–C) groups is 1. The van der Waals surface area contributed by atoms with Crippen LogP contribution in [0.5, 0.6) is 0 Å². The summed E-state index contributed by atoms with van der Waals surface area (Å²) >= 11 is 0. The van der Waals surface area contributed by atoms with Crippen molar-refractivity contribution < 1.29 is 9.47 Å². The van der Waals surface area contributed by atoms with Gasteiger partial charge in [-0.15, -0.1) is 24.0 Å². The van der Waals surface area contributed by atoms with E-state index in [1.807, 2.05) is 13.2 Å². The van der Waals surface area contributed by atoms with Crippen LogP contribution < -0.4 is 10.2 Å². The van der Waals surface area contributed by atoms with Gasteiger partial charge >= 0.3 is 0 Å². The smallest absolute Gasteiger partial charge is 0.193 e. The van der Waals surface area contributed by atoms with E-state index in [4.69, 9.17) is 9.47 Å². The van der Waals surface area contributed by atoms with Crippen LogP contribution in [0.1, 0.15) is 50.5 Å². The number of hydrogen-bond acceptors (Lipinski definition) is 5. The average molecular weight is 543 g/mol. The predicted molar refractivity (Wildman–Crippen MR) is 135 cm³/mol. The molecule has 1 unspecified atom stereocenters. The van der Waals surface area contributed by atoms with Crippen LogP contribution in [0, 0.1) is 0 Å². The fourth-order valence-electron chi connectivity index (χ4n) is 4.62. The fraction of sp³-hybridized carbons (Fsp3) is 0.739. The number of nitrogens with one attached hydrogen (secondary N) is 1. The molecule has 174 valence electrons. The van der Waals surface area contributed by atoms with Crippen molar-refractivity contribution in [3.05, 3.63) is 23.9 Å². The summed E-state index contributed by atoms with van der Waals surface area (Å²) in [5.74, 6) is 2.07. The van der Waals surface area contributed by atoms with Gasteiger partial charge < -0.3 is 24.6 Å². The lowest BCUT2D eigenvalue weighted by molar-refractivity contribution is -0.0721. The Hall–Kier alpha value is -1.13. The molecule has 0 aliphatic carbocycles. The Morgan fingerprint density at radius 1 is 1.16 bits per heavy atom. The van der Waals surface area contributed by atoms with E-state index >= 15 is 0 Å². The van der Waals surface area contributed by atoms with Crippen LogP contribution in [0.2, 0.25) is 0 Å². The standard InChI is InChI=1S/C23H37N5O2.HI/c1-24-23(26-17-19-7-10-25-22(16-19)27-11-3-4-12-27)28-13-8-20(9-14-28)30-18-21-6-2-5-15-29-21;/h7,10,16,20-21H,2-6,8-9,11-15,17-18H2,1H3,(H,24,26);1H. The maximum absolute atomic E-state index is 6.15. The molecule has 0 spiro atoms. The van der Waals surface area contributed by atoms with Crippen LogP contribution in [-0.2, 0) is 16.0 Å². The van der Waals surface area contributed by atoms with E-state index in [1.165, 1.54) is 31.2 Å². The van der Waals surface area contributed by atoms with E-state index in [2.05, 4.69) is 37.2 Å². The van der Waals surface area contributed by atoms with Crippen molar-refractivity contribution in [1.29, 1.82) is 0 Å². The molecule has 1 N–H and O–H groups in total. The van der Waals surface area contributed by atoms with Crippen molar-refractivity contribution in [2.75, 3.05) is 51.3 Å². The first-order valence-corrected chi connectivity index (χ1v) is 11.7. The van der Waals surface area contributed by atoms with Gasteiger partial charge in [-0.25, -0.2) is 4.98 Å². The van der Waals surface area contributed by atoms with Gasteiger partial charge in [0.1, 0.15) is 5.82 Å². The normalized spacial score (nSPS) is 23.0. The fourth-order valence-corrected chi connectivity index (χ4v) is 4.62. The number of halogens is 1. The largest absolute Gasteiger partial charge is 0.376 e. The number of pyridine rings is 1. The topological polar surface area (TPSA) is 62.2 Å². The lowest BCUT2D eigenvalue weighted by Crippen LogP contribution is -2.47. The molecule has 3 saturated heterocycles. The number of likely N-dealkylation sites (tertiary alicyclic amines) is 1. The van der Waals surface area contributed by atoms with E-state index in [-0.39, 0.29) is 24.0 Å². The first kappa shape index (κ1) is 24.5. The molecule has 7 nitrogen and oxygen atoms in total. The Kier molecular flexibility index (Phi) is 10.1. The zero-order chi connectivity index (χ0) is 20.6. The molecule has 3 aliphatic heterocycles. The Morgan fingerprint density at radius 3 is 2.68 bits per heavy atom. The third-order valence-corrected chi connectivity index (χ3v) is 6.44. The van der Waals surface area contributed by atoms with E-state index < -0.39 is 0 Å². The molecule has 0 saturated carbocycles. The van der Waals surface area contributed by atoms with Gasteiger partial charge in [0.25, 0.3) is 0 Å². The molecular formula is C23H38IN5O2. The van der Waals surface area contributed by atoms with Crippen LogP contribution in [0.15, 0.2) is 23.3 Å². The van der Waals surface area contributed by atoms with Gasteiger partial charge in [0.2, 0.25) is 0 Å². The van der Waals surface area contributed by atoms with Crippen molar-refractivity contribution in [2.45, 2.75) is 63.7 Å². The zero-order valence-electron chi connectivity index (χ0n) is 18.8. The molecule has 0 aromatic carbocycles. The van der Waals surface area contributed by atoms with Crippen LogP contribution in [0.25, 0.3) is 0 Å². The summed E-state index contributed by atoms with van der Waals surface area (Å²) in [6.45, 7) is 6.61. The Bertz CT molecular complexity index is 684. The summed E-state index contributed by atoms with van der Waals surface area (Å²) in [6, 6.07) is 4.30. The molecule has 4 heterocycles. The minimum Gasteiger partial charge on any atom is -0.376 e. The van der Waals surface area contributed by atoms with Gasteiger partial charge in [-0.3, -0.25) is 4.99 Å². The van der Waals surface area contributed by atoms with Gasteiger partial charge in [-0.05, 0) is 62.6 Å². The molecule has 3 aliphatic rings. The highest BCUT2D eigenvalue weighted by atomic mass is 127. The molecule has 0 radical (unpaired) electrons. The minimum absolute atomic E-state index is 0. The SMILES string of the molecule is CN=C(NCc1ccnc(N2CCCC2)c1)N1CCC(OCC2CCCCO2)CC1.I. The van der Waals surface area contributed by atoms with Crippen molar-refractivity contribution >= 4 is 35.8 Å². The molecule has 0 amide bonds. The molecule has 31 heavy (non-hydrogen) atoms. The maximum atomic E-state index is 6.15. The number of aromatic nitrogens is 1. The summed E-state index contributed by atoms with van der Waals surface area (Å²) in [5, 5.41) is 3.54. The van der Waals surface area contributed by atoms with Crippen molar-refractivity contribution in [3.8, 4) is 0 Å². The summed E-state index contributed by atoms with van der Waals surface area (Å²) in [5.41, 5.74) is 1.25. The second-order valence-electron chi connectivity index (χ2n) is 8.63. The van der Waals surface area contributed by atoms with Gasteiger partial charge in [-0.1, -0.05) is 0 Å². The first-order chi connectivity index (χ1) is 14.8. The van der Waals surface area contributed by atoms with E-state index in [0.29, 0.717) is 12.2 Å². The number of ether oxygens (including phenoxy) is 2. The van der Waals surface area contributed by atoms with Crippen LogP contribution >= 0.6 is 24.0 Å². The number of anilines is 1. The van der Waals surface area contributed by atoms with Crippen molar-refractivity contribution in [3.63, 3.8) is 0 Å². The monoisotopic (exact) mass is 543 g/mol.